The average Bonchev–Trinajstić information content (AvgIpc) is 0. The Morgan fingerprint density at radius 1 is 1.00 bits per heavy atom. The molecule has 0 unspecified atom stereocenters. The summed E-state index contributed by atoms with van der Waals surface area (Å²) in [6.45, 7) is 0. The Morgan fingerprint density at radius 2 is 1.00 bits per heavy atom. The minimum atomic E-state index is 0. The molecule has 0 rings (SSSR count). The molecule has 0 aliphatic carbocycles. The van der Waals surface area contributed by atoms with Gasteiger partial charge in [-0.3, -0.25) is 0 Å². The number of hydrogen-bond donors (Lipinski definition) is 0. The topological polar surface area (TPSA) is 28.5 Å². The maximum Gasteiger partial charge on any atom is 3.00 e. The summed E-state index contributed by atoms with van der Waals surface area (Å²) in [6, 6.07) is 0. The van der Waals surface area contributed by atoms with E-state index in [9.17, 15) is 0 Å². The summed E-state index contributed by atoms with van der Waals surface area (Å²) in [6.07, 6.45) is 0. The van der Waals surface area contributed by atoms with Crippen LogP contribution >= 0.6 is 0 Å². The van der Waals surface area contributed by atoms with Crippen LogP contribution in [-0.2, 0) is 42.0 Å². The molecule has 0 heterocycles. The van der Waals surface area contributed by atoms with Crippen molar-refractivity contribution in [1.82, 2.24) is 0 Å². The van der Waals surface area contributed by atoms with E-state index in [0.717, 1.165) is 0 Å². The van der Waals surface area contributed by atoms with Crippen LogP contribution in [0.1, 0.15) is 0 Å². The Labute approximate surface area is 78.4 Å². The summed E-state index contributed by atoms with van der Waals surface area (Å²) in [5.74, 6) is 0. The molecule has 4 heteroatoms. The van der Waals surface area contributed by atoms with E-state index < -0.39 is 0 Å². The van der Waals surface area contributed by atoms with Gasteiger partial charge in [0.1, 0.15) is 0 Å². The molecule has 0 aliphatic rings. The molecule has 0 fully saturated rings. The van der Waals surface area contributed by atoms with E-state index in [1.54, 1.807) is 0 Å². The van der Waals surface area contributed by atoms with Gasteiger partial charge in [0.05, 0.1) is 0 Å². The summed E-state index contributed by atoms with van der Waals surface area (Å²) in [7, 11) is 0. The van der Waals surface area contributed by atoms with Gasteiger partial charge in [0.25, 0.3) is 0 Å². The first-order chi connectivity index (χ1) is 0. The Morgan fingerprint density at radius 3 is 1.00 bits per heavy atom. The van der Waals surface area contributed by atoms with Crippen molar-refractivity contribution < 1.29 is 42.0 Å². The largest absolute Gasteiger partial charge is 3.00 e. The molecule has 0 saturated carbocycles. The van der Waals surface area contributed by atoms with Crippen molar-refractivity contribution in [2.24, 2.45) is 0 Å². The molecule has 18 valence electrons. The fourth-order valence-corrected chi connectivity index (χ4v) is 0. The van der Waals surface area contributed by atoms with E-state index >= 15 is 0 Å². The van der Waals surface area contributed by atoms with E-state index in [2.05, 4.69) is 0 Å². The van der Waals surface area contributed by atoms with Crippen molar-refractivity contribution in [3.63, 3.8) is 0 Å². The molecule has 0 aliphatic heterocycles. The zero-order valence-electron chi connectivity index (χ0n) is 1.85. The zero-order chi connectivity index (χ0) is 0. The monoisotopic (exact) mass is 213 g/mol. The first kappa shape index (κ1) is 32.8. The van der Waals surface area contributed by atoms with Crippen molar-refractivity contribution in [3.05, 3.63) is 0 Å². The Kier molecular flexibility index (Phi) is 150. The minimum Gasteiger partial charge on any atom is -2.00 e. The van der Waals surface area contributed by atoms with Crippen LogP contribution in [0.2, 0.25) is 0 Å². The maximum absolute atomic E-state index is 0. The molecule has 0 saturated heterocycles. The summed E-state index contributed by atoms with van der Waals surface area (Å²) < 4.78 is 0. The Bertz CT molecular complexity index is 8.00. The Balaban J connectivity index is 0. The van der Waals surface area contributed by atoms with Crippen LogP contribution in [0.3, 0.4) is 0 Å². The Hall–Kier alpha value is 2.36. The van der Waals surface area contributed by atoms with Gasteiger partial charge in [-0.05, 0) is 0 Å². The van der Waals surface area contributed by atoms with Crippen LogP contribution in [-0.4, -0.2) is 37.7 Å². The molecule has 0 spiro atoms. The summed E-state index contributed by atoms with van der Waals surface area (Å²) in [5.41, 5.74) is 0. The summed E-state index contributed by atoms with van der Waals surface area (Å²) in [4.78, 5) is 0. The first-order valence-corrected chi connectivity index (χ1v) is 0. The van der Waals surface area contributed by atoms with Gasteiger partial charge in [-0.2, -0.15) is 0 Å². The third-order valence-corrected chi connectivity index (χ3v) is 0. The summed E-state index contributed by atoms with van der Waals surface area (Å²) >= 11 is 0. The van der Waals surface area contributed by atoms with Gasteiger partial charge in [-0.15, -0.1) is 0 Å². The van der Waals surface area contributed by atoms with E-state index in [1.807, 2.05) is 0 Å². The van der Waals surface area contributed by atoms with E-state index in [4.69, 9.17) is 0 Å². The molecule has 0 aromatic rings. The number of hydrogen-bond acceptors (Lipinski definition) is 0. The fraction of sp³-hybridized carbons (Fsp3) is 0. The van der Waals surface area contributed by atoms with Gasteiger partial charge in [-0.25, -0.2) is 0 Å². The SMILES string of the molecule is [Ca+2].[Mn+2].[O-2].[Ru+3]. The van der Waals surface area contributed by atoms with E-state index in [0.29, 0.717) is 0 Å². The second-order valence-corrected chi connectivity index (χ2v) is 0. The predicted octanol–water partition coefficient (Wildman–Crippen LogP) is -0.505. The van der Waals surface area contributed by atoms with Gasteiger partial charge in [0.15, 0.2) is 0 Å². The molecular formula is CaMnORu+5. The molecule has 2 radical (unpaired) electrons. The van der Waals surface area contributed by atoms with Crippen molar-refractivity contribution in [3.8, 4) is 0 Å². The van der Waals surface area contributed by atoms with Crippen LogP contribution in [0.15, 0.2) is 0 Å². The smallest absolute Gasteiger partial charge is 2.00 e. The molecule has 0 N–H and O–H groups in total. The normalized spacial score (nSPS) is 0. The van der Waals surface area contributed by atoms with Crippen LogP contribution in [0.4, 0.5) is 0 Å². The van der Waals surface area contributed by atoms with Crippen LogP contribution in [0, 0.1) is 0 Å². The van der Waals surface area contributed by atoms with Crippen molar-refractivity contribution in [2.45, 2.75) is 0 Å². The van der Waals surface area contributed by atoms with Gasteiger partial charge in [-0.1, -0.05) is 0 Å². The fourth-order valence-electron chi connectivity index (χ4n) is 0. The molecule has 0 bridgehead atoms. The van der Waals surface area contributed by atoms with Gasteiger partial charge in [0.2, 0.25) is 0 Å². The third kappa shape index (κ3) is 8.84. The maximum atomic E-state index is 0. The second-order valence-electron chi connectivity index (χ2n) is 0. The van der Waals surface area contributed by atoms with Crippen LogP contribution < -0.4 is 0 Å². The van der Waals surface area contributed by atoms with Crippen LogP contribution in [0.5, 0.6) is 0 Å². The first-order valence-electron chi connectivity index (χ1n) is 0. The molecule has 0 atom stereocenters. The third-order valence-electron chi connectivity index (χ3n) is 0. The predicted molar refractivity (Wildman–Crippen MR) is 6.44 cm³/mol. The van der Waals surface area contributed by atoms with Crippen molar-refractivity contribution in [1.29, 1.82) is 0 Å². The molecule has 4 heavy (non-hydrogen) atoms. The zero-order valence-corrected chi connectivity index (χ0v) is 6.97. The van der Waals surface area contributed by atoms with Crippen molar-refractivity contribution >= 4 is 37.7 Å². The summed E-state index contributed by atoms with van der Waals surface area (Å²) in [5, 5.41) is 0. The number of rotatable bonds is 0. The quantitative estimate of drug-likeness (QED) is 0.484. The molecule has 0 aromatic heterocycles. The standard InChI is InChI=1S/Ca.Mn.O.Ru/q2*+2;-2;+3. The van der Waals surface area contributed by atoms with E-state index in [-0.39, 0.29) is 79.8 Å². The minimum absolute atomic E-state index is 0. The molecule has 0 amide bonds. The van der Waals surface area contributed by atoms with Crippen molar-refractivity contribution in [2.75, 3.05) is 0 Å². The second kappa shape index (κ2) is 18.3. The molecule has 1 nitrogen and oxygen atoms in total. The molecular weight excluding hydrogens is 212 g/mol. The van der Waals surface area contributed by atoms with E-state index in [1.165, 1.54) is 0 Å². The van der Waals surface area contributed by atoms with Gasteiger partial charge < -0.3 is 5.48 Å². The average molecular weight is 212 g/mol. The molecule has 0 aromatic carbocycles. The van der Waals surface area contributed by atoms with Gasteiger partial charge >= 0.3 is 74.3 Å². The van der Waals surface area contributed by atoms with Gasteiger partial charge in [0, 0.05) is 0 Å². The van der Waals surface area contributed by atoms with Crippen LogP contribution in [0.25, 0.3) is 0 Å².